The van der Waals surface area contributed by atoms with Crippen molar-refractivity contribution < 1.29 is 22.7 Å². The minimum atomic E-state index is -3.24. The van der Waals surface area contributed by atoms with Crippen LogP contribution < -0.4 is 5.73 Å². The molecule has 1 aromatic carbocycles. The first-order valence-corrected chi connectivity index (χ1v) is 7.40. The normalized spacial score (nSPS) is 21.1. The second-order valence-electron chi connectivity index (χ2n) is 6.79. The molecule has 7 heteroatoms. The summed E-state index contributed by atoms with van der Waals surface area (Å²) in [5.74, 6) is -5.28. The van der Waals surface area contributed by atoms with Crippen LogP contribution in [0.4, 0.5) is 23.7 Å². The Morgan fingerprint density at radius 1 is 1.39 bits per heavy atom. The van der Waals surface area contributed by atoms with Gasteiger partial charge in [0, 0.05) is 12.2 Å². The SMILES string of the molecule is CC(C)(C)OC(=O)N1CCC(c2ccc(N)cc2F)C(F)(F)C1. The van der Waals surface area contributed by atoms with Crippen molar-refractivity contribution in [3.05, 3.63) is 29.6 Å². The van der Waals surface area contributed by atoms with Crippen LogP contribution in [-0.2, 0) is 4.74 Å². The summed E-state index contributed by atoms with van der Waals surface area (Å²) in [6.45, 7) is 4.29. The molecule has 1 aromatic rings. The van der Waals surface area contributed by atoms with Gasteiger partial charge in [-0.25, -0.2) is 18.0 Å². The number of piperidine rings is 1. The predicted molar refractivity (Wildman–Crippen MR) is 80.9 cm³/mol. The van der Waals surface area contributed by atoms with Gasteiger partial charge in [0.2, 0.25) is 0 Å². The number of rotatable bonds is 1. The summed E-state index contributed by atoms with van der Waals surface area (Å²) >= 11 is 0. The molecule has 1 amide bonds. The summed E-state index contributed by atoms with van der Waals surface area (Å²) in [7, 11) is 0. The number of amides is 1. The number of likely N-dealkylation sites (tertiary alicyclic amines) is 1. The molecule has 1 aliphatic heterocycles. The second kappa shape index (κ2) is 5.94. The van der Waals surface area contributed by atoms with E-state index < -0.39 is 35.9 Å². The molecule has 1 saturated heterocycles. The molecule has 1 unspecified atom stereocenters. The Labute approximate surface area is 133 Å². The number of halogens is 3. The zero-order chi connectivity index (χ0) is 17.4. The molecule has 2 N–H and O–H groups in total. The Morgan fingerprint density at radius 2 is 2.04 bits per heavy atom. The quantitative estimate of drug-likeness (QED) is 0.798. The van der Waals surface area contributed by atoms with E-state index in [0.717, 1.165) is 11.0 Å². The topological polar surface area (TPSA) is 55.6 Å². The average molecular weight is 330 g/mol. The Hall–Kier alpha value is -1.92. The van der Waals surface area contributed by atoms with E-state index in [-0.39, 0.29) is 24.2 Å². The van der Waals surface area contributed by atoms with E-state index in [0.29, 0.717) is 0 Å². The second-order valence-corrected chi connectivity index (χ2v) is 6.79. The van der Waals surface area contributed by atoms with Crippen molar-refractivity contribution >= 4 is 11.8 Å². The molecule has 1 heterocycles. The van der Waals surface area contributed by atoms with Crippen LogP contribution in [0.3, 0.4) is 0 Å². The first kappa shape index (κ1) is 17.4. The summed E-state index contributed by atoms with van der Waals surface area (Å²) in [5, 5.41) is 0. The number of carbonyl (C=O) groups excluding carboxylic acids is 1. The zero-order valence-corrected chi connectivity index (χ0v) is 13.4. The van der Waals surface area contributed by atoms with Gasteiger partial charge in [0.25, 0.3) is 5.92 Å². The Kier molecular flexibility index (Phi) is 4.50. The number of nitrogens with two attached hydrogens (primary N) is 1. The minimum absolute atomic E-state index is 0.0485. The number of nitrogen functional groups attached to an aromatic ring is 1. The maximum Gasteiger partial charge on any atom is 0.410 e. The molecule has 0 radical (unpaired) electrons. The molecule has 128 valence electrons. The van der Waals surface area contributed by atoms with Gasteiger partial charge in [-0.2, -0.15) is 0 Å². The molecule has 23 heavy (non-hydrogen) atoms. The molecule has 2 rings (SSSR count). The number of anilines is 1. The lowest BCUT2D eigenvalue weighted by atomic mass is 9.86. The van der Waals surface area contributed by atoms with Gasteiger partial charge in [-0.15, -0.1) is 0 Å². The predicted octanol–water partition coefficient (Wildman–Crippen LogP) is 3.77. The fourth-order valence-electron chi connectivity index (χ4n) is 2.63. The summed E-state index contributed by atoms with van der Waals surface area (Å²) in [4.78, 5) is 12.9. The molecule has 0 spiro atoms. The third-order valence-corrected chi connectivity index (χ3v) is 3.65. The Balaban J connectivity index is 2.16. The van der Waals surface area contributed by atoms with E-state index in [1.165, 1.54) is 12.1 Å². The molecule has 0 bridgehead atoms. The lowest BCUT2D eigenvalue weighted by Gasteiger charge is -2.39. The number of hydrogen-bond donors (Lipinski definition) is 1. The highest BCUT2D eigenvalue weighted by atomic mass is 19.3. The number of alkyl halides is 2. The minimum Gasteiger partial charge on any atom is -0.444 e. The van der Waals surface area contributed by atoms with Crippen molar-refractivity contribution in [2.75, 3.05) is 18.8 Å². The van der Waals surface area contributed by atoms with Crippen molar-refractivity contribution in [3.63, 3.8) is 0 Å². The molecule has 0 saturated carbocycles. The molecule has 1 aliphatic rings. The van der Waals surface area contributed by atoms with E-state index in [9.17, 15) is 18.0 Å². The molecule has 1 fully saturated rings. The molecule has 1 atom stereocenters. The van der Waals surface area contributed by atoms with Crippen LogP contribution in [0.25, 0.3) is 0 Å². The number of benzene rings is 1. The van der Waals surface area contributed by atoms with Gasteiger partial charge in [-0.1, -0.05) is 6.07 Å². The van der Waals surface area contributed by atoms with Gasteiger partial charge < -0.3 is 15.4 Å². The molecule has 0 aromatic heterocycles. The monoisotopic (exact) mass is 330 g/mol. The standard InChI is InChI=1S/C16H21F3N2O2/c1-15(2,3)23-14(22)21-7-6-12(16(18,19)9-21)11-5-4-10(20)8-13(11)17/h4-5,8,12H,6-7,9,20H2,1-3H3. The van der Waals surface area contributed by atoms with Crippen molar-refractivity contribution in [1.82, 2.24) is 4.90 Å². The van der Waals surface area contributed by atoms with Gasteiger partial charge in [0.15, 0.2) is 0 Å². The van der Waals surface area contributed by atoms with E-state index in [4.69, 9.17) is 10.5 Å². The summed E-state index contributed by atoms with van der Waals surface area (Å²) < 4.78 is 47.9. The third-order valence-electron chi connectivity index (χ3n) is 3.65. The highest BCUT2D eigenvalue weighted by Crippen LogP contribution is 2.41. The van der Waals surface area contributed by atoms with Gasteiger partial charge in [0.1, 0.15) is 11.4 Å². The average Bonchev–Trinajstić information content (AvgIpc) is 2.36. The van der Waals surface area contributed by atoms with Gasteiger partial charge >= 0.3 is 6.09 Å². The van der Waals surface area contributed by atoms with Gasteiger partial charge in [-0.05, 0) is 44.9 Å². The van der Waals surface area contributed by atoms with Crippen molar-refractivity contribution in [2.24, 2.45) is 0 Å². The molecular weight excluding hydrogens is 309 g/mol. The zero-order valence-electron chi connectivity index (χ0n) is 13.4. The van der Waals surface area contributed by atoms with Gasteiger partial charge in [-0.3, -0.25) is 0 Å². The van der Waals surface area contributed by atoms with E-state index >= 15 is 0 Å². The van der Waals surface area contributed by atoms with Crippen molar-refractivity contribution in [3.8, 4) is 0 Å². The summed E-state index contributed by atoms with van der Waals surface area (Å²) in [6.07, 6.45) is -0.832. The fourth-order valence-corrected chi connectivity index (χ4v) is 2.63. The van der Waals surface area contributed by atoms with Gasteiger partial charge in [0.05, 0.1) is 12.5 Å². The number of hydrogen-bond acceptors (Lipinski definition) is 3. The fraction of sp³-hybridized carbons (Fsp3) is 0.562. The van der Waals surface area contributed by atoms with Crippen LogP contribution in [0, 0.1) is 5.82 Å². The van der Waals surface area contributed by atoms with Crippen LogP contribution in [0.2, 0.25) is 0 Å². The van der Waals surface area contributed by atoms with Crippen LogP contribution in [-0.4, -0.2) is 35.6 Å². The maximum atomic E-state index is 14.4. The lowest BCUT2D eigenvalue weighted by Crippen LogP contribution is -2.51. The first-order chi connectivity index (χ1) is 10.5. The van der Waals surface area contributed by atoms with Crippen molar-refractivity contribution in [1.29, 1.82) is 0 Å². The Morgan fingerprint density at radius 3 is 2.57 bits per heavy atom. The summed E-state index contributed by atoms with van der Waals surface area (Å²) in [6, 6.07) is 3.72. The number of nitrogens with zero attached hydrogens (tertiary/aromatic N) is 1. The van der Waals surface area contributed by atoms with Crippen LogP contribution >= 0.6 is 0 Å². The van der Waals surface area contributed by atoms with E-state index in [1.807, 2.05) is 0 Å². The highest BCUT2D eigenvalue weighted by Gasteiger charge is 2.48. The Bertz CT molecular complexity index is 599. The summed E-state index contributed by atoms with van der Waals surface area (Å²) in [5.41, 5.74) is 4.80. The number of ether oxygens (including phenoxy) is 1. The smallest absolute Gasteiger partial charge is 0.410 e. The van der Waals surface area contributed by atoms with Crippen LogP contribution in [0.15, 0.2) is 18.2 Å². The van der Waals surface area contributed by atoms with E-state index in [2.05, 4.69) is 0 Å². The first-order valence-electron chi connectivity index (χ1n) is 7.40. The van der Waals surface area contributed by atoms with Crippen molar-refractivity contribution in [2.45, 2.75) is 44.6 Å². The van der Waals surface area contributed by atoms with Crippen LogP contribution in [0.5, 0.6) is 0 Å². The highest BCUT2D eigenvalue weighted by molar-refractivity contribution is 5.68. The van der Waals surface area contributed by atoms with E-state index in [1.54, 1.807) is 20.8 Å². The molecule has 0 aliphatic carbocycles. The molecule has 4 nitrogen and oxygen atoms in total. The van der Waals surface area contributed by atoms with Crippen LogP contribution in [0.1, 0.15) is 38.7 Å². The number of carbonyl (C=O) groups is 1. The molecular formula is C16H21F3N2O2. The largest absolute Gasteiger partial charge is 0.444 e. The lowest BCUT2D eigenvalue weighted by molar-refractivity contribution is -0.0855. The third kappa shape index (κ3) is 4.09. The maximum absolute atomic E-state index is 14.4.